The molecule has 0 fully saturated rings. The van der Waals surface area contributed by atoms with Crippen LogP contribution in [0.1, 0.15) is 52.8 Å². The van der Waals surface area contributed by atoms with E-state index in [-0.39, 0.29) is 5.78 Å². The largest absolute Gasteiger partial charge is 0.368 e. The topological polar surface area (TPSA) is 44.1 Å². The summed E-state index contributed by atoms with van der Waals surface area (Å²) in [6.45, 7) is 10.4. The summed E-state index contributed by atoms with van der Waals surface area (Å²) in [5.41, 5.74) is 0.129. The lowest BCUT2D eigenvalue weighted by molar-refractivity contribution is -0.141. The Hall–Kier alpha value is -1.16. The van der Waals surface area contributed by atoms with Crippen molar-refractivity contribution in [2.75, 3.05) is 6.61 Å². The van der Waals surface area contributed by atoms with E-state index in [1.54, 1.807) is 0 Å². The Kier molecular flexibility index (Phi) is 5.08. The van der Waals surface area contributed by atoms with E-state index < -0.39 is 5.60 Å². The molecule has 0 spiro atoms. The lowest BCUT2D eigenvalue weighted by atomic mass is 9.94. The Labute approximate surface area is 109 Å². The number of carbonyl (C=O) groups is 1. The Morgan fingerprint density at radius 3 is 2.61 bits per heavy atom. The predicted molar refractivity (Wildman–Crippen MR) is 71.6 cm³/mol. The van der Waals surface area contributed by atoms with Crippen molar-refractivity contribution in [3.8, 4) is 0 Å². The van der Waals surface area contributed by atoms with E-state index in [0.29, 0.717) is 25.5 Å². The second kappa shape index (κ2) is 6.14. The highest BCUT2D eigenvalue weighted by Crippen LogP contribution is 2.19. The fourth-order valence-corrected chi connectivity index (χ4v) is 1.81. The first kappa shape index (κ1) is 14.9. The van der Waals surface area contributed by atoms with Gasteiger partial charge in [0.05, 0.1) is 12.1 Å². The molecule has 0 saturated carbocycles. The van der Waals surface area contributed by atoms with Crippen molar-refractivity contribution >= 4 is 5.78 Å². The number of hydrogen-bond donors (Lipinski definition) is 0. The Bertz CT molecular complexity index is 398. The average molecular weight is 252 g/mol. The minimum absolute atomic E-state index is 0.0980. The van der Waals surface area contributed by atoms with Crippen LogP contribution >= 0.6 is 0 Å². The fourth-order valence-electron chi connectivity index (χ4n) is 1.81. The third kappa shape index (κ3) is 3.42. The summed E-state index contributed by atoms with van der Waals surface area (Å²) in [6.07, 6.45) is 2.94. The zero-order valence-corrected chi connectivity index (χ0v) is 12.1. The number of ketones is 1. The minimum atomic E-state index is -0.684. The third-order valence-electron chi connectivity index (χ3n) is 3.26. The third-order valence-corrected chi connectivity index (χ3v) is 3.26. The van der Waals surface area contributed by atoms with Gasteiger partial charge in [0, 0.05) is 18.8 Å². The van der Waals surface area contributed by atoms with Gasteiger partial charge in [-0.05, 0) is 40.2 Å². The van der Waals surface area contributed by atoms with Crippen LogP contribution in [0.3, 0.4) is 0 Å². The van der Waals surface area contributed by atoms with Crippen LogP contribution in [0.2, 0.25) is 0 Å². The van der Waals surface area contributed by atoms with Crippen LogP contribution in [0.4, 0.5) is 0 Å². The minimum Gasteiger partial charge on any atom is -0.368 e. The summed E-state index contributed by atoms with van der Waals surface area (Å²) in [4.78, 5) is 12.3. The van der Waals surface area contributed by atoms with Crippen LogP contribution in [-0.4, -0.2) is 27.8 Å². The molecule has 4 nitrogen and oxygen atoms in total. The average Bonchev–Trinajstić information content (AvgIpc) is 2.77. The van der Waals surface area contributed by atoms with Crippen molar-refractivity contribution in [1.82, 2.24) is 9.78 Å². The van der Waals surface area contributed by atoms with E-state index in [2.05, 4.69) is 18.9 Å². The fraction of sp³-hybridized carbons (Fsp3) is 0.714. The first-order valence-corrected chi connectivity index (χ1v) is 6.64. The van der Waals surface area contributed by atoms with Crippen molar-refractivity contribution in [2.45, 2.75) is 59.1 Å². The van der Waals surface area contributed by atoms with Crippen molar-refractivity contribution in [3.05, 3.63) is 18.0 Å². The maximum atomic E-state index is 12.3. The second-order valence-corrected chi connectivity index (χ2v) is 5.00. The predicted octanol–water partition coefficient (Wildman–Crippen LogP) is 2.78. The normalized spacial score (nSPS) is 14.8. The molecule has 1 atom stereocenters. The van der Waals surface area contributed by atoms with Crippen LogP contribution in [0.25, 0.3) is 0 Å². The molecule has 0 radical (unpaired) electrons. The summed E-state index contributed by atoms with van der Waals surface area (Å²) in [5.74, 6) is 0.0980. The number of ether oxygens (including phenoxy) is 1. The number of hydrogen-bond acceptors (Lipinski definition) is 3. The first-order valence-electron chi connectivity index (χ1n) is 6.64. The Morgan fingerprint density at radius 2 is 2.17 bits per heavy atom. The van der Waals surface area contributed by atoms with Gasteiger partial charge in [0.25, 0.3) is 0 Å². The quantitative estimate of drug-likeness (QED) is 0.749. The highest BCUT2D eigenvalue weighted by atomic mass is 16.5. The smallest absolute Gasteiger partial charge is 0.170 e. The van der Waals surface area contributed by atoms with Crippen LogP contribution in [0.15, 0.2) is 12.3 Å². The molecule has 0 aliphatic heterocycles. The summed E-state index contributed by atoms with van der Waals surface area (Å²) in [5, 5.41) is 4.40. The summed E-state index contributed by atoms with van der Waals surface area (Å²) < 4.78 is 7.45. The molecule has 0 aromatic carbocycles. The number of rotatable bonds is 7. The molecule has 1 aromatic heterocycles. The van der Waals surface area contributed by atoms with Crippen LogP contribution in [-0.2, 0) is 16.0 Å². The zero-order chi connectivity index (χ0) is 13.8. The first-order chi connectivity index (χ1) is 8.42. The van der Waals surface area contributed by atoms with Crippen molar-refractivity contribution in [3.63, 3.8) is 0 Å². The van der Waals surface area contributed by atoms with Gasteiger partial charge < -0.3 is 4.74 Å². The second-order valence-electron chi connectivity index (χ2n) is 5.00. The molecule has 0 amide bonds. The van der Waals surface area contributed by atoms with Gasteiger partial charge in [-0.3, -0.25) is 9.48 Å². The highest BCUT2D eigenvalue weighted by molar-refractivity contribution is 5.88. The molecule has 18 heavy (non-hydrogen) atoms. The monoisotopic (exact) mass is 252 g/mol. The molecule has 0 aliphatic carbocycles. The van der Waals surface area contributed by atoms with E-state index in [1.165, 1.54) is 0 Å². The molecular formula is C14H24N2O2. The van der Waals surface area contributed by atoms with Crippen LogP contribution in [0, 0.1) is 0 Å². The molecule has 0 aliphatic rings. The van der Waals surface area contributed by atoms with E-state index in [4.69, 9.17) is 4.74 Å². The van der Waals surface area contributed by atoms with Gasteiger partial charge in [-0.15, -0.1) is 0 Å². The van der Waals surface area contributed by atoms with E-state index >= 15 is 0 Å². The van der Waals surface area contributed by atoms with Gasteiger partial charge in [-0.1, -0.05) is 6.92 Å². The molecule has 1 aromatic rings. The van der Waals surface area contributed by atoms with Gasteiger partial charge in [-0.25, -0.2) is 0 Å². The SMILES string of the molecule is CCOC(C)(CC)C(=O)Cc1ccn(C(C)C)n1. The van der Waals surface area contributed by atoms with E-state index in [1.807, 2.05) is 37.7 Å². The van der Waals surface area contributed by atoms with Crippen molar-refractivity contribution < 1.29 is 9.53 Å². The van der Waals surface area contributed by atoms with Crippen molar-refractivity contribution in [2.24, 2.45) is 0 Å². The molecule has 4 heteroatoms. The molecular weight excluding hydrogens is 228 g/mol. The summed E-state index contributed by atoms with van der Waals surface area (Å²) >= 11 is 0. The molecule has 102 valence electrons. The maximum Gasteiger partial charge on any atom is 0.170 e. The highest BCUT2D eigenvalue weighted by Gasteiger charge is 2.31. The van der Waals surface area contributed by atoms with Gasteiger partial charge in [0.2, 0.25) is 0 Å². The molecule has 1 heterocycles. The van der Waals surface area contributed by atoms with Gasteiger partial charge in [0.15, 0.2) is 5.78 Å². The standard InChI is InChI=1S/C14H24N2O2/c1-6-14(5,18-7-2)13(17)10-12-8-9-16(15-12)11(3)4/h8-9,11H,6-7,10H2,1-5H3. The van der Waals surface area contributed by atoms with Crippen molar-refractivity contribution in [1.29, 1.82) is 0 Å². The number of carbonyl (C=O) groups excluding carboxylic acids is 1. The Balaban J connectivity index is 2.73. The summed E-state index contributed by atoms with van der Waals surface area (Å²) in [6, 6.07) is 2.22. The van der Waals surface area contributed by atoms with E-state index in [0.717, 1.165) is 5.69 Å². The number of nitrogens with zero attached hydrogens (tertiary/aromatic N) is 2. The lowest BCUT2D eigenvalue weighted by Crippen LogP contribution is -2.39. The zero-order valence-electron chi connectivity index (χ0n) is 12.1. The molecule has 0 N–H and O–H groups in total. The molecule has 1 unspecified atom stereocenters. The molecule has 1 rings (SSSR count). The maximum absolute atomic E-state index is 12.3. The Morgan fingerprint density at radius 1 is 1.50 bits per heavy atom. The van der Waals surface area contributed by atoms with E-state index in [9.17, 15) is 4.79 Å². The summed E-state index contributed by atoms with van der Waals surface area (Å²) in [7, 11) is 0. The molecule has 0 bridgehead atoms. The number of Topliss-reactive ketones (excluding diaryl/α,β-unsaturated/α-hetero) is 1. The molecule has 0 saturated heterocycles. The van der Waals surface area contributed by atoms with Crippen LogP contribution < -0.4 is 0 Å². The van der Waals surface area contributed by atoms with Crippen LogP contribution in [0.5, 0.6) is 0 Å². The van der Waals surface area contributed by atoms with Gasteiger partial charge in [-0.2, -0.15) is 5.10 Å². The van der Waals surface area contributed by atoms with Gasteiger partial charge in [0.1, 0.15) is 5.60 Å². The lowest BCUT2D eigenvalue weighted by Gasteiger charge is -2.26. The number of aromatic nitrogens is 2. The van der Waals surface area contributed by atoms with Gasteiger partial charge >= 0.3 is 0 Å².